The van der Waals surface area contributed by atoms with Crippen LogP contribution in [0.1, 0.15) is 16.7 Å². The molecule has 0 spiro atoms. The van der Waals surface area contributed by atoms with E-state index in [1.165, 1.54) is 16.7 Å². The molecule has 0 aliphatic rings. The van der Waals surface area contributed by atoms with Crippen molar-refractivity contribution in [3.63, 3.8) is 0 Å². The third-order valence-corrected chi connectivity index (χ3v) is 1.84. The maximum atomic E-state index is 5.35. The monoisotopic (exact) mass is 145 g/mol. The van der Waals surface area contributed by atoms with E-state index in [1.54, 1.807) is 6.08 Å². The Morgan fingerprint density at radius 3 is 2.73 bits per heavy atom. The van der Waals surface area contributed by atoms with Crippen molar-refractivity contribution in [2.45, 2.75) is 20.3 Å². The van der Waals surface area contributed by atoms with Gasteiger partial charge in [0.25, 0.3) is 0 Å². The molecule has 1 rings (SSSR count). The second-order valence-electron chi connectivity index (χ2n) is 2.87. The van der Waals surface area contributed by atoms with Crippen LogP contribution in [-0.2, 0) is 6.42 Å². The van der Waals surface area contributed by atoms with E-state index in [4.69, 9.17) is 6.58 Å². The fourth-order valence-corrected chi connectivity index (χ4v) is 1.15. The number of hydrogen-bond donors (Lipinski definition) is 0. The van der Waals surface area contributed by atoms with E-state index in [9.17, 15) is 0 Å². The molecule has 1 aromatic rings. The molecule has 0 unspecified atom stereocenters. The second kappa shape index (κ2) is 3.38. The van der Waals surface area contributed by atoms with Gasteiger partial charge in [0.15, 0.2) is 0 Å². The van der Waals surface area contributed by atoms with Crippen molar-refractivity contribution in [1.29, 1.82) is 0 Å². The van der Waals surface area contributed by atoms with E-state index in [-0.39, 0.29) is 0 Å². The van der Waals surface area contributed by atoms with Crippen LogP contribution in [0.15, 0.2) is 24.3 Å². The summed E-state index contributed by atoms with van der Waals surface area (Å²) in [6, 6.07) is 6.43. The van der Waals surface area contributed by atoms with Gasteiger partial charge in [-0.1, -0.05) is 36.4 Å². The second-order valence-corrected chi connectivity index (χ2v) is 2.87. The summed E-state index contributed by atoms with van der Waals surface area (Å²) < 4.78 is 0. The van der Waals surface area contributed by atoms with Crippen LogP contribution in [0.3, 0.4) is 0 Å². The summed E-state index contributed by atoms with van der Waals surface area (Å²) >= 11 is 0. The standard InChI is InChI=1S/C11H13/c1-4-5-11-8-9(2)6-7-10(11)3/h1,4,6-8H,5H2,2-3H3. The lowest BCUT2D eigenvalue weighted by Crippen LogP contribution is -1.87. The maximum Gasteiger partial charge on any atom is -0.00916 e. The summed E-state index contributed by atoms with van der Waals surface area (Å²) in [6.45, 7) is 9.56. The lowest BCUT2D eigenvalue weighted by molar-refractivity contribution is 1.20. The first-order valence-electron chi connectivity index (χ1n) is 3.83. The zero-order valence-corrected chi connectivity index (χ0v) is 7.09. The highest BCUT2D eigenvalue weighted by atomic mass is 14.0. The van der Waals surface area contributed by atoms with E-state index in [0.29, 0.717) is 0 Å². The smallest absolute Gasteiger partial charge is 0.00916 e. The number of allylic oxidation sites excluding steroid dienone is 1. The lowest BCUT2D eigenvalue weighted by atomic mass is 10.0. The SMILES string of the molecule is [CH]=CCc1cc(C)ccc1C. The van der Waals surface area contributed by atoms with Crippen LogP contribution in [-0.4, -0.2) is 0 Å². The van der Waals surface area contributed by atoms with Crippen molar-refractivity contribution >= 4 is 0 Å². The average molecular weight is 145 g/mol. The summed E-state index contributed by atoms with van der Waals surface area (Å²) in [5, 5.41) is 0. The molecule has 0 saturated carbocycles. The van der Waals surface area contributed by atoms with Crippen molar-refractivity contribution in [2.75, 3.05) is 0 Å². The molecule has 1 radical (unpaired) electrons. The first-order chi connectivity index (χ1) is 5.24. The number of rotatable bonds is 2. The van der Waals surface area contributed by atoms with Crippen molar-refractivity contribution in [3.05, 3.63) is 47.5 Å². The lowest BCUT2D eigenvalue weighted by Gasteiger charge is -2.02. The zero-order chi connectivity index (χ0) is 8.27. The fourth-order valence-electron chi connectivity index (χ4n) is 1.15. The third-order valence-electron chi connectivity index (χ3n) is 1.84. The highest BCUT2D eigenvalue weighted by Gasteiger charge is 1.94. The largest absolute Gasteiger partial charge is 0.0801 e. The van der Waals surface area contributed by atoms with Crippen LogP contribution in [0.2, 0.25) is 0 Å². The van der Waals surface area contributed by atoms with E-state index in [0.717, 1.165) is 6.42 Å². The summed E-state index contributed by atoms with van der Waals surface area (Å²) in [5.74, 6) is 0. The van der Waals surface area contributed by atoms with Crippen LogP contribution in [0.5, 0.6) is 0 Å². The summed E-state index contributed by atoms with van der Waals surface area (Å²) in [6.07, 6.45) is 2.56. The molecule has 0 heteroatoms. The quantitative estimate of drug-likeness (QED) is 0.600. The van der Waals surface area contributed by atoms with E-state index < -0.39 is 0 Å². The van der Waals surface area contributed by atoms with Crippen molar-refractivity contribution in [3.8, 4) is 0 Å². The highest BCUT2D eigenvalue weighted by Crippen LogP contribution is 2.10. The summed E-state index contributed by atoms with van der Waals surface area (Å²) in [5.41, 5.74) is 3.94. The van der Waals surface area contributed by atoms with Gasteiger partial charge in [-0.15, -0.1) is 0 Å². The molecule has 0 aliphatic heterocycles. The predicted octanol–water partition coefficient (Wildman–Crippen LogP) is 2.84. The molecule has 11 heavy (non-hydrogen) atoms. The first kappa shape index (κ1) is 8.06. The predicted molar refractivity (Wildman–Crippen MR) is 48.5 cm³/mol. The Bertz CT molecular complexity index is 259. The van der Waals surface area contributed by atoms with E-state index in [1.807, 2.05) is 0 Å². The van der Waals surface area contributed by atoms with Gasteiger partial charge in [-0.3, -0.25) is 0 Å². The van der Waals surface area contributed by atoms with Crippen LogP contribution >= 0.6 is 0 Å². The Morgan fingerprint density at radius 1 is 1.36 bits per heavy atom. The molecule has 0 amide bonds. The normalized spacial score (nSPS) is 9.64. The van der Waals surface area contributed by atoms with Crippen LogP contribution in [0, 0.1) is 20.4 Å². The third kappa shape index (κ3) is 1.94. The summed E-state index contributed by atoms with van der Waals surface area (Å²) in [7, 11) is 0. The van der Waals surface area contributed by atoms with Gasteiger partial charge in [0.05, 0.1) is 0 Å². The molecule has 0 fully saturated rings. The molecule has 57 valence electrons. The molecule has 0 saturated heterocycles. The molecule has 0 aromatic heterocycles. The van der Waals surface area contributed by atoms with Crippen LogP contribution < -0.4 is 0 Å². The van der Waals surface area contributed by atoms with Gasteiger partial charge >= 0.3 is 0 Å². The Balaban J connectivity index is 3.01. The van der Waals surface area contributed by atoms with Crippen LogP contribution in [0.25, 0.3) is 0 Å². The fraction of sp³-hybridized carbons (Fsp3) is 0.273. The number of aryl methyl sites for hydroxylation is 2. The molecular weight excluding hydrogens is 132 g/mol. The Labute approximate surface area is 68.6 Å². The topological polar surface area (TPSA) is 0 Å². The van der Waals surface area contributed by atoms with Gasteiger partial charge in [-0.2, -0.15) is 0 Å². The molecule has 0 bridgehead atoms. The van der Waals surface area contributed by atoms with E-state index >= 15 is 0 Å². The van der Waals surface area contributed by atoms with E-state index in [2.05, 4.69) is 32.0 Å². The summed E-state index contributed by atoms with van der Waals surface area (Å²) in [4.78, 5) is 0. The zero-order valence-electron chi connectivity index (χ0n) is 7.09. The molecule has 0 aliphatic carbocycles. The van der Waals surface area contributed by atoms with Gasteiger partial charge in [0.1, 0.15) is 0 Å². The number of benzene rings is 1. The minimum Gasteiger partial charge on any atom is -0.0801 e. The van der Waals surface area contributed by atoms with Crippen molar-refractivity contribution in [1.82, 2.24) is 0 Å². The Kier molecular flexibility index (Phi) is 2.48. The minimum atomic E-state index is 0.869. The van der Waals surface area contributed by atoms with Gasteiger partial charge in [-0.25, -0.2) is 0 Å². The first-order valence-corrected chi connectivity index (χ1v) is 3.83. The molecule has 0 atom stereocenters. The minimum absolute atomic E-state index is 0.869. The van der Waals surface area contributed by atoms with Crippen LogP contribution in [0.4, 0.5) is 0 Å². The van der Waals surface area contributed by atoms with Gasteiger partial charge in [0, 0.05) is 0 Å². The van der Waals surface area contributed by atoms with Gasteiger partial charge < -0.3 is 0 Å². The maximum absolute atomic E-state index is 5.35. The average Bonchev–Trinajstić information content (AvgIpc) is 1.98. The number of hydrogen-bond acceptors (Lipinski definition) is 0. The Hall–Kier alpha value is -1.04. The molecular formula is C11H13. The van der Waals surface area contributed by atoms with Crippen molar-refractivity contribution < 1.29 is 0 Å². The van der Waals surface area contributed by atoms with Gasteiger partial charge in [-0.05, 0) is 31.4 Å². The Morgan fingerprint density at radius 2 is 2.09 bits per heavy atom. The molecule has 0 N–H and O–H groups in total. The molecule has 0 heterocycles. The molecule has 0 nitrogen and oxygen atoms in total. The van der Waals surface area contributed by atoms with Gasteiger partial charge in [0.2, 0.25) is 0 Å². The van der Waals surface area contributed by atoms with Crippen molar-refractivity contribution in [2.24, 2.45) is 0 Å². The highest BCUT2D eigenvalue weighted by molar-refractivity contribution is 5.31. The molecule has 1 aromatic carbocycles.